The Morgan fingerprint density at radius 1 is 1.32 bits per heavy atom. The fraction of sp³-hybridized carbons (Fsp3) is 0.857. The Morgan fingerprint density at radius 3 is 2.68 bits per heavy atom. The summed E-state index contributed by atoms with van der Waals surface area (Å²) in [6.45, 7) is 1.73. The molecule has 1 heterocycles. The van der Waals surface area contributed by atoms with E-state index in [0.717, 1.165) is 0 Å². The van der Waals surface area contributed by atoms with Crippen LogP contribution in [0.2, 0.25) is 0 Å². The molecule has 2 fully saturated rings. The summed E-state index contributed by atoms with van der Waals surface area (Å²) in [5.41, 5.74) is 0. The van der Waals surface area contributed by atoms with Gasteiger partial charge < -0.3 is 10.2 Å². The summed E-state index contributed by atoms with van der Waals surface area (Å²) in [5, 5.41) is 2.73. The number of carbonyl (C=O) groups excluding carboxylic acids is 2. The highest BCUT2D eigenvalue weighted by Gasteiger charge is 2.43. The first kappa shape index (κ1) is 17.4. The molecule has 22 heavy (non-hydrogen) atoms. The first-order valence-corrected chi connectivity index (χ1v) is 8.72. The van der Waals surface area contributed by atoms with Gasteiger partial charge in [0.25, 0.3) is 0 Å². The van der Waals surface area contributed by atoms with Crippen LogP contribution in [0.5, 0.6) is 0 Å². The highest BCUT2D eigenvalue weighted by Crippen LogP contribution is 2.37. The Kier molecular flexibility index (Phi) is 5.63. The number of amides is 2. The molecule has 1 saturated heterocycles. The van der Waals surface area contributed by atoms with Gasteiger partial charge in [0.1, 0.15) is 6.04 Å². The lowest BCUT2D eigenvalue weighted by atomic mass is 9.85. The zero-order valence-corrected chi connectivity index (χ0v) is 13.3. The number of hydrogen-bond donors (Lipinski definition) is 1. The van der Waals surface area contributed by atoms with Gasteiger partial charge in [-0.3, -0.25) is 9.59 Å². The van der Waals surface area contributed by atoms with E-state index in [-0.39, 0.29) is 24.7 Å². The van der Waals surface area contributed by atoms with Crippen LogP contribution in [0.4, 0.5) is 13.2 Å². The molecule has 1 aliphatic heterocycles. The standard InChI is InChI=1S/C14H21F3N2O2S/c1-2-12(20)19-8-22-7-11(19)13(21)18-10-5-3-4-9(6-10)14(15,16)17/h9-11H,2-8H2,1H3,(H,18,21)/t9-,10+,11-/m1/s1. The second kappa shape index (κ2) is 7.10. The fourth-order valence-corrected chi connectivity index (χ4v) is 4.20. The van der Waals surface area contributed by atoms with E-state index in [2.05, 4.69) is 5.32 Å². The second-order valence-electron chi connectivity index (χ2n) is 5.84. The van der Waals surface area contributed by atoms with Crippen molar-refractivity contribution in [1.29, 1.82) is 0 Å². The topological polar surface area (TPSA) is 49.4 Å². The SMILES string of the molecule is CCC(=O)N1CSC[C@@H]1C(=O)N[C@H]1CCC[C@@H](C(F)(F)F)C1. The van der Waals surface area contributed by atoms with Crippen molar-refractivity contribution >= 4 is 23.6 Å². The van der Waals surface area contributed by atoms with Crippen molar-refractivity contribution < 1.29 is 22.8 Å². The van der Waals surface area contributed by atoms with E-state index in [1.807, 2.05) is 0 Å². The number of halogens is 3. The molecule has 2 amide bonds. The lowest BCUT2D eigenvalue weighted by Crippen LogP contribution is -2.51. The second-order valence-corrected chi connectivity index (χ2v) is 6.84. The molecule has 3 atom stereocenters. The lowest BCUT2D eigenvalue weighted by molar-refractivity contribution is -0.184. The van der Waals surface area contributed by atoms with Crippen LogP contribution in [0.15, 0.2) is 0 Å². The predicted molar refractivity (Wildman–Crippen MR) is 78.2 cm³/mol. The van der Waals surface area contributed by atoms with Crippen LogP contribution in [0.1, 0.15) is 39.0 Å². The molecule has 0 unspecified atom stereocenters. The Hall–Kier alpha value is -0.920. The molecule has 2 rings (SSSR count). The van der Waals surface area contributed by atoms with Crippen LogP contribution in [0.25, 0.3) is 0 Å². The highest BCUT2D eigenvalue weighted by molar-refractivity contribution is 7.99. The van der Waals surface area contributed by atoms with Crippen molar-refractivity contribution in [2.75, 3.05) is 11.6 Å². The van der Waals surface area contributed by atoms with Crippen molar-refractivity contribution in [3.63, 3.8) is 0 Å². The molecular formula is C14H21F3N2O2S. The van der Waals surface area contributed by atoms with E-state index in [4.69, 9.17) is 0 Å². The third kappa shape index (κ3) is 4.08. The molecule has 4 nitrogen and oxygen atoms in total. The molecule has 8 heteroatoms. The van der Waals surface area contributed by atoms with Gasteiger partial charge in [0, 0.05) is 18.2 Å². The van der Waals surface area contributed by atoms with Crippen LogP contribution in [0, 0.1) is 5.92 Å². The third-order valence-electron chi connectivity index (χ3n) is 4.29. The number of nitrogens with zero attached hydrogens (tertiary/aromatic N) is 1. The van der Waals surface area contributed by atoms with Crippen molar-refractivity contribution in [3.05, 3.63) is 0 Å². The molecule has 1 saturated carbocycles. The Morgan fingerprint density at radius 2 is 2.05 bits per heavy atom. The number of thioether (sulfide) groups is 1. The molecule has 0 bridgehead atoms. The lowest BCUT2D eigenvalue weighted by Gasteiger charge is -2.32. The number of carbonyl (C=O) groups is 2. The average molecular weight is 338 g/mol. The Balaban J connectivity index is 1.92. The maximum atomic E-state index is 12.8. The Bertz CT molecular complexity index is 431. The maximum Gasteiger partial charge on any atom is 0.391 e. The average Bonchev–Trinajstić information content (AvgIpc) is 2.95. The molecule has 2 aliphatic rings. The van der Waals surface area contributed by atoms with Crippen molar-refractivity contribution in [3.8, 4) is 0 Å². The quantitative estimate of drug-likeness (QED) is 0.860. The van der Waals surface area contributed by atoms with Gasteiger partial charge in [-0.05, 0) is 19.3 Å². The van der Waals surface area contributed by atoms with Crippen molar-refractivity contribution in [2.45, 2.75) is 57.3 Å². The zero-order chi connectivity index (χ0) is 16.3. The fourth-order valence-electron chi connectivity index (χ4n) is 3.02. The van der Waals surface area contributed by atoms with E-state index in [1.165, 1.54) is 16.7 Å². The van der Waals surface area contributed by atoms with Gasteiger partial charge in [0.2, 0.25) is 11.8 Å². The molecular weight excluding hydrogens is 317 g/mol. The van der Waals surface area contributed by atoms with E-state index in [1.54, 1.807) is 6.92 Å². The molecule has 0 aromatic carbocycles. The van der Waals surface area contributed by atoms with Gasteiger partial charge in [0.05, 0.1) is 11.8 Å². The molecule has 126 valence electrons. The normalized spacial score (nSPS) is 29.5. The minimum absolute atomic E-state index is 0.0587. The van der Waals surface area contributed by atoms with Gasteiger partial charge in [-0.1, -0.05) is 13.3 Å². The van der Waals surface area contributed by atoms with E-state index in [0.29, 0.717) is 30.9 Å². The van der Waals surface area contributed by atoms with Gasteiger partial charge >= 0.3 is 6.18 Å². The number of hydrogen-bond acceptors (Lipinski definition) is 3. The summed E-state index contributed by atoms with van der Waals surface area (Å²) in [6, 6.07) is -0.999. The van der Waals surface area contributed by atoms with Gasteiger partial charge in [0.15, 0.2) is 0 Å². The Labute approximate surface area is 132 Å². The first-order chi connectivity index (χ1) is 10.3. The summed E-state index contributed by atoms with van der Waals surface area (Å²) >= 11 is 1.49. The largest absolute Gasteiger partial charge is 0.391 e. The molecule has 0 aromatic rings. The third-order valence-corrected chi connectivity index (χ3v) is 5.30. The highest BCUT2D eigenvalue weighted by atomic mass is 32.2. The molecule has 0 radical (unpaired) electrons. The first-order valence-electron chi connectivity index (χ1n) is 7.57. The number of nitrogens with one attached hydrogen (secondary N) is 1. The van der Waals surface area contributed by atoms with Crippen LogP contribution < -0.4 is 5.32 Å². The minimum atomic E-state index is -4.20. The van der Waals surface area contributed by atoms with Gasteiger partial charge in [-0.15, -0.1) is 11.8 Å². The molecule has 0 spiro atoms. The van der Waals surface area contributed by atoms with Crippen molar-refractivity contribution in [2.24, 2.45) is 5.92 Å². The molecule has 1 aliphatic carbocycles. The smallest absolute Gasteiger partial charge is 0.352 e. The van der Waals surface area contributed by atoms with Crippen LogP contribution in [-0.2, 0) is 9.59 Å². The summed E-state index contributed by atoms with van der Waals surface area (Å²) < 4.78 is 38.4. The summed E-state index contributed by atoms with van der Waals surface area (Å²) in [6.07, 6.45) is -2.76. The predicted octanol–water partition coefficient (Wildman–Crippen LogP) is 2.54. The monoisotopic (exact) mass is 338 g/mol. The van der Waals surface area contributed by atoms with Crippen LogP contribution in [-0.4, -0.2) is 46.6 Å². The maximum absolute atomic E-state index is 12.8. The van der Waals surface area contributed by atoms with Crippen LogP contribution >= 0.6 is 11.8 Å². The molecule has 1 N–H and O–H groups in total. The number of rotatable bonds is 3. The van der Waals surface area contributed by atoms with Gasteiger partial charge in [-0.25, -0.2) is 0 Å². The summed E-state index contributed by atoms with van der Waals surface area (Å²) in [5.74, 6) is -0.771. The summed E-state index contributed by atoms with van der Waals surface area (Å²) in [4.78, 5) is 25.6. The van der Waals surface area contributed by atoms with E-state index < -0.39 is 24.2 Å². The zero-order valence-electron chi connectivity index (χ0n) is 12.5. The van der Waals surface area contributed by atoms with E-state index >= 15 is 0 Å². The van der Waals surface area contributed by atoms with Crippen molar-refractivity contribution in [1.82, 2.24) is 10.2 Å². The molecule has 0 aromatic heterocycles. The number of alkyl halides is 3. The minimum Gasteiger partial charge on any atom is -0.352 e. The van der Waals surface area contributed by atoms with Gasteiger partial charge in [-0.2, -0.15) is 13.2 Å². The van der Waals surface area contributed by atoms with Crippen LogP contribution in [0.3, 0.4) is 0 Å². The summed E-state index contributed by atoms with van der Waals surface area (Å²) in [7, 11) is 0. The van der Waals surface area contributed by atoms with E-state index in [9.17, 15) is 22.8 Å².